The van der Waals surface area contributed by atoms with Crippen LogP contribution in [0.1, 0.15) is 12.5 Å². The summed E-state index contributed by atoms with van der Waals surface area (Å²) >= 11 is 0. The lowest BCUT2D eigenvalue weighted by atomic mass is 9.98. The highest BCUT2D eigenvalue weighted by atomic mass is 19.3. The predicted molar refractivity (Wildman–Crippen MR) is 65.7 cm³/mol. The second kappa shape index (κ2) is 6.58. The fraction of sp³-hybridized carbons (Fsp3) is 0.462. The van der Waals surface area contributed by atoms with Gasteiger partial charge in [0.25, 0.3) is 0 Å². The number of rotatable bonds is 6. The minimum Gasteiger partial charge on any atom is -0.461 e. The highest BCUT2D eigenvalue weighted by Gasteiger charge is 2.50. The Kier molecular flexibility index (Phi) is 5.38. The summed E-state index contributed by atoms with van der Waals surface area (Å²) in [5, 5.41) is 9.53. The van der Waals surface area contributed by atoms with Gasteiger partial charge in [0.05, 0.1) is 6.61 Å². The molecule has 19 heavy (non-hydrogen) atoms. The smallest absolute Gasteiger partial charge is 0.379 e. The third-order valence-electron chi connectivity index (χ3n) is 2.64. The van der Waals surface area contributed by atoms with Crippen molar-refractivity contribution in [3.63, 3.8) is 0 Å². The van der Waals surface area contributed by atoms with Crippen molar-refractivity contribution in [3.8, 4) is 0 Å². The lowest BCUT2D eigenvalue weighted by Crippen LogP contribution is -2.53. The van der Waals surface area contributed by atoms with Crippen molar-refractivity contribution in [2.45, 2.75) is 31.4 Å². The van der Waals surface area contributed by atoms with Gasteiger partial charge in [0, 0.05) is 6.04 Å². The summed E-state index contributed by atoms with van der Waals surface area (Å²) in [6.07, 6.45) is -2.25. The molecule has 106 valence electrons. The molecule has 0 spiro atoms. The SMILES string of the molecule is CCOC(=O)C(F)(F)C(O)C(N)Cc1ccccc1. The first-order valence-electron chi connectivity index (χ1n) is 5.92. The molecule has 2 unspecified atom stereocenters. The highest BCUT2D eigenvalue weighted by Crippen LogP contribution is 2.23. The number of nitrogens with two attached hydrogens (primary N) is 1. The van der Waals surface area contributed by atoms with Crippen LogP contribution in [-0.4, -0.2) is 35.8 Å². The van der Waals surface area contributed by atoms with Crippen LogP contribution in [0.4, 0.5) is 8.78 Å². The molecule has 0 bridgehead atoms. The molecule has 3 N–H and O–H groups in total. The number of carbonyl (C=O) groups excluding carboxylic acids is 1. The fourth-order valence-electron chi connectivity index (χ4n) is 1.61. The predicted octanol–water partition coefficient (Wildman–Crippen LogP) is 1.12. The van der Waals surface area contributed by atoms with Crippen molar-refractivity contribution in [2.24, 2.45) is 5.73 Å². The molecule has 6 heteroatoms. The maximum Gasteiger partial charge on any atom is 0.379 e. The minimum absolute atomic E-state index is 0.0387. The summed E-state index contributed by atoms with van der Waals surface area (Å²) in [4.78, 5) is 11.1. The zero-order valence-corrected chi connectivity index (χ0v) is 10.6. The number of hydrogen-bond acceptors (Lipinski definition) is 4. The van der Waals surface area contributed by atoms with Gasteiger partial charge in [0.15, 0.2) is 0 Å². The van der Waals surface area contributed by atoms with Crippen LogP contribution in [0.2, 0.25) is 0 Å². The van der Waals surface area contributed by atoms with Gasteiger partial charge in [-0.1, -0.05) is 30.3 Å². The van der Waals surface area contributed by atoms with Crippen molar-refractivity contribution >= 4 is 5.97 Å². The number of aliphatic hydroxyl groups is 1. The van der Waals surface area contributed by atoms with Gasteiger partial charge in [0.2, 0.25) is 0 Å². The van der Waals surface area contributed by atoms with Crippen molar-refractivity contribution in [2.75, 3.05) is 6.61 Å². The van der Waals surface area contributed by atoms with Crippen LogP contribution in [0.5, 0.6) is 0 Å². The zero-order valence-electron chi connectivity index (χ0n) is 10.6. The molecule has 0 radical (unpaired) electrons. The average molecular weight is 273 g/mol. The molecule has 0 aliphatic carbocycles. The fourth-order valence-corrected chi connectivity index (χ4v) is 1.61. The van der Waals surface area contributed by atoms with Gasteiger partial charge >= 0.3 is 11.9 Å². The minimum atomic E-state index is -4.01. The highest BCUT2D eigenvalue weighted by molar-refractivity contribution is 5.78. The Labute approximate surface area is 110 Å². The first kappa shape index (κ1) is 15.5. The van der Waals surface area contributed by atoms with E-state index in [2.05, 4.69) is 4.74 Å². The quantitative estimate of drug-likeness (QED) is 0.762. The van der Waals surface area contributed by atoms with Gasteiger partial charge in [-0.15, -0.1) is 0 Å². The molecule has 0 aliphatic heterocycles. The van der Waals surface area contributed by atoms with Gasteiger partial charge in [0.1, 0.15) is 6.10 Å². The van der Waals surface area contributed by atoms with Crippen LogP contribution >= 0.6 is 0 Å². The van der Waals surface area contributed by atoms with E-state index in [1.165, 1.54) is 6.92 Å². The Morgan fingerprint density at radius 3 is 2.53 bits per heavy atom. The molecule has 0 amide bonds. The van der Waals surface area contributed by atoms with E-state index in [0.717, 1.165) is 0 Å². The Morgan fingerprint density at radius 1 is 1.42 bits per heavy atom. The molecule has 4 nitrogen and oxygen atoms in total. The first-order valence-corrected chi connectivity index (χ1v) is 5.92. The summed E-state index contributed by atoms with van der Waals surface area (Å²) < 4.78 is 31.3. The molecule has 1 aromatic rings. The summed E-state index contributed by atoms with van der Waals surface area (Å²) in [7, 11) is 0. The molecule has 0 aliphatic rings. The van der Waals surface area contributed by atoms with Crippen molar-refractivity contribution in [1.29, 1.82) is 0 Å². The van der Waals surface area contributed by atoms with Crippen molar-refractivity contribution in [3.05, 3.63) is 35.9 Å². The van der Waals surface area contributed by atoms with Gasteiger partial charge < -0.3 is 15.6 Å². The molecule has 0 saturated carbocycles. The Hall–Kier alpha value is -1.53. The van der Waals surface area contributed by atoms with Gasteiger partial charge in [-0.3, -0.25) is 0 Å². The lowest BCUT2D eigenvalue weighted by Gasteiger charge is -2.25. The zero-order chi connectivity index (χ0) is 14.5. The summed E-state index contributed by atoms with van der Waals surface area (Å²) in [6, 6.07) is 7.39. The Bertz CT molecular complexity index is 412. The number of carbonyl (C=O) groups is 1. The lowest BCUT2D eigenvalue weighted by molar-refractivity contribution is -0.190. The maximum atomic E-state index is 13.5. The van der Waals surface area contributed by atoms with Crippen LogP contribution < -0.4 is 5.73 Å². The Morgan fingerprint density at radius 2 is 2.00 bits per heavy atom. The molecule has 2 atom stereocenters. The number of benzene rings is 1. The summed E-state index contributed by atoms with van der Waals surface area (Å²) in [5.74, 6) is -5.77. The van der Waals surface area contributed by atoms with Crippen LogP contribution in [0.3, 0.4) is 0 Å². The molecule has 0 heterocycles. The average Bonchev–Trinajstić information content (AvgIpc) is 2.39. The van der Waals surface area contributed by atoms with Gasteiger partial charge in [-0.25, -0.2) is 4.79 Å². The number of alkyl halides is 2. The van der Waals surface area contributed by atoms with E-state index in [0.29, 0.717) is 5.56 Å². The monoisotopic (exact) mass is 273 g/mol. The standard InChI is InChI=1S/C13H17F2NO3/c1-2-19-12(18)13(14,15)11(17)10(16)8-9-6-4-3-5-7-9/h3-7,10-11,17H,2,8,16H2,1H3. The topological polar surface area (TPSA) is 72.5 Å². The van der Waals surface area contributed by atoms with Crippen LogP contribution in [-0.2, 0) is 16.0 Å². The number of esters is 1. The molecule has 0 saturated heterocycles. The van der Waals surface area contributed by atoms with Crippen LogP contribution in [0, 0.1) is 0 Å². The van der Waals surface area contributed by atoms with E-state index < -0.39 is 24.0 Å². The molecule has 1 rings (SSSR count). The molecular formula is C13H17F2NO3. The normalized spacial score (nSPS) is 14.8. The molecule has 0 fully saturated rings. The first-order chi connectivity index (χ1) is 8.89. The molecule has 1 aromatic carbocycles. The third kappa shape index (κ3) is 3.97. The van der Waals surface area contributed by atoms with E-state index in [1.54, 1.807) is 30.3 Å². The van der Waals surface area contributed by atoms with Gasteiger partial charge in [-0.2, -0.15) is 8.78 Å². The summed E-state index contributed by atoms with van der Waals surface area (Å²) in [5.41, 5.74) is 6.23. The van der Waals surface area contributed by atoms with E-state index in [-0.39, 0.29) is 13.0 Å². The van der Waals surface area contributed by atoms with Gasteiger partial charge in [-0.05, 0) is 18.9 Å². The van der Waals surface area contributed by atoms with Crippen molar-refractivity contribution in [1.82, 2.24) is 0 Å². The number of halogens is 2. The van der Waals surface area contributed by atoms with Crippen molar-refractivity contribution < 1.29 is 23.4 Å². The van der Waals surface area contributed by atoms with Crippen LogP contribution in [0.25, 0.3) is 0 Å². The van der Waals surface area contributed by atoms with Crippen LogP contribution in [0.15, 0.2) is 30.3 Å². The number of aliphatic hydroxyl groups excluding tert-OH is 1. The largest absolute Gasteiger partial charge is 0.461 e. The molecular weight excluding hydrogens is 256 g/mol. The Balaban J connectivity index is 2.70. The number of ether oxygens (including phenoxy) is 1. The summed E-state index contributed by atoms with van der Waals surface area (Å²) in [6.45, 7) is 1.22. The maximum absolute atomic E-state index is 13.5. The van der Waals surface area contributed by atoms with E-state index in [4.69, 9.17) is 5.73 Å². The van der Waals surface area contributed by atoms with E-state index >= 15 is 0 Å². The number of hydrogen-bond donors (Lipinski definition) is 2. The second-order valence-electron chi connectivity index (χ2n) is 4.14. The van der Waals surface area contributed by atoms with E-state index in [9.17, 15) is 18.7 Å². The van der Waals surface area contributed by atoms with E-state index in [1.807, 2.05) is 0 Å². The second-order valence-corrected chi connectivity index (χ2v) is 4.14. The molecule has 0 aromatic heterocycles. The third-order valence-corrected chi connectivity index (χ3v) is 2.64.